The molecule has 0 spiro atoms. The lowest BCUT2D eigenvalue weighted by atomic mass is 10.0. The maximum absolute atomic E-state index is 13.6. The minimum absolute atomic E-state index is 0.115. The van der Waals surface area contributed by atoms with Gasteiger partial charge >= 0.3 is 6.09 Å². The molecule has 1 aromatic rings. The number of hydrogen-bond donors (Lipinski definition) is 1. The van der Waals surface area contributed by atoms with Crippen molar-refractivity contribution in [1.29, 1.82) is 0 Å². The van der Waals surface area contributed by atoms with Crippen LogP contribution in [0.1, 0.15) is 31.1 Å². The third kappa shape index (κ3) is 2.79. The van der Waals surface area contributed by atoms with Crippen molar-refractivity contribution in [2.75, 3.05) is 0 Å². The summed E-state index contributed by atoms with van der Waals surface area (Å²) in [6.07, 6.45) is -1.45. The smallest absolute Gasteiger partial charge is 0.414 e. The molecular formula is C12H13ClFNO3. The fourth-order valence-electron chi connectivity index (χ4n) is 1.49. The average Bonchev–Trinajstić information content (AvgIpc) is 2.13. The van der Waals surface area contributed by atoms with Crippen LogP contribution in [0.3, 0.4) is 0 Å². The van der Waals surface area contributed by atoms with Crippen LogP contribution in [0.2, 0.25) is 5.02 Å². The van der Waals surface area contributed by atoms with E-state index in [4.69, 9.17) is 16.7 Å². The molecule has 0 aliphatic rings. The van der Waals surface area contributed by atoms with Gasteiger partial charge in [-0.3, -0.25) is 4.79 Å². The fourth-order valence-corrected chi connectivity index (χ4v) is 1.74. The van der Waals surface area contributed by atoms with Crippen LogP contribution in [-0.2, 0) is 0 Å². The van der Waals surface area contributed by atoms with Gasteiger partial charge in [-0.25, -0.2) is 14.1 Å². The van der Waals surface area contributed by atoms with Gasteiger partial charge in [-0.1, -0.05) is 17.7 Å². The molecule has 0 saturated carbocycles. The number of amides is 2. The molecule has 0 aliphatic heterocycles. The number of benzene rings is 1. The number of nitrogens with zero attached hydrogens (tertiary/aromatic N) is 1. The molecule has 1 rings (SSSR count). The first-order valence-electron chi connectivity index (χ1n) is 5.17. The number of rotatable bonds is 1. The molecule has 0 atom stereocenters. The van der Waals surface area contributed by atoms with E-state index in [0.29, 0.717) is 4.90 Å². The van der Waals surface area contributed by atoms with Gasteiger partial charge in [0.1, 0.15) is 5.82 Å². The van der Waals surface area contributed by atoms with Gasteiger partial charge < -0.3 is 5.11 Å². The largest absolute Gasteiger partial charge is 0.465 e. The predicted molar refractivity (Wildman–Crippen MR) is 65.4 cm³/mol. The molecule has 6 heteroatoms. The highest BCUT2D eigenvalue weighted by molar-refractivity contribution is 6.34. The van der Waals surface area contributed by atoms with Gasteiger partial charge in [-0.15, -0.1) is 0 Å². The van der Waals surface area contributed by atoms with Crippen molar-refractivity contribution in [3.05, 3.63) is 34.6 Å². The fraction of sp³-hybridized carbons (Fsp3) is 0.333. The summed E-state index contributed by atoms with van der Waals surface area (Å²) in [6, 6.07) is 3.74. The lowest BCUT2D eigenvalue weighted by Crippen LogP contribution is -2.49. The summed E-state index contributed by atoms with van der Waals surface area (Å²) < 4.78 is 13.6. The Kier molecular flexibility index (Phi) is 3.96. The first-order valence-corrected chi connectivity index (χ1v) is 5.55. The highest BCUT2D eigenvalue weighted by Crippen LogP contribution is 2.24. The molecular weight excluding hydrogens is 261 g/mol. The van der Waals surface area contributed by atoms with E-state index >= 15 is 0 Å². The molecule has 4 nitrogen and oxygen atoms in total. The van der Waals surface area contributed by atoms with Crippen molar-refractivity contribution < 1.29 is 19.1 Å². The van der Waals surface area contributed by atoms with Crippen LogP contribution in [0.5, 0.6) is 0 Å². The van der Waals surface area contributed by atoms with E-state index in [2.05, 4.69) is 0 Å². The van der Waals surface area contributed by atoms with Crippen molar-refractivity contribution in [3.63, 3.8) is 0 Å². The van der Waals surface area contributed by atoms with Gasteiger partial charge in [0.15, 0.2) is 0 Å². The van der Waals surface area contributed by atoms with Crippen LogP contribution in [0.15, 0.2) is 18.2 Å². The van der Waals surface area contributed by atoms with Gasteiger partial charge in [-0.05, 0) is 32.9 Å². The van der Waals surface area contributed by atoms with Gasteiger partial charge in [0.2, 0.25) is 0 Å². The summed E-state index contributed by atoms with van der Waals surface area (Å²) >= 11 is 5.74. The zero-order chi connectivity index (χ0) is 14.1. The molecule has 0 fully saturated rings. The van der Waals surface area contributed by atoms with Gasteiger partial charge in [0, 0.05) is 5.54 Å². The number of carboxylic acid groups (broad SMARTS) is 1. The van der Waals surface area contributed by atoms with Gasteiger partial charge in [-0.2, -0.15) is 0 Å². The molecule has 1 N–H and O–H groups in total. The topological polar surface area (TPSA) is 57.6 Å². The van der Waals surface area contributed by atoms with E-state index < -0.39 is 28.9 Å². The zero-order valence-electron chi connectivity index (χ0n) is 10.2. The van der Waals surface area contributed by atoms with Crippen molar-refractivity contribution in [2.45, 2.75) is 26.3 Å². The maximum atomic E-state index is 13.6. The minimum Gasteiger partial charge on any atom is -0.465 e. The van der Waals surface area contributed by atoms with Gasteiger partial charge in [0.05, 0.1) is 10.6 Å². The molecule has 0 bridgehead atoms. The van der Waals surface area contributed by atoms with Crippen molar-refractivity contribution in [1.82, 2.24) is 4.90 Å². The van der Waals surface area contributed by atoms with Crippen LogP contribution >= 0.6 is 11.6 Å². The molecule has 0 saturated heterocycles. The van der Waals surface area contributed by atoms with Crippen LogP contribution in [0.4, 0.5) is 9.18 Å². The van der Waals surface area contributed by atoms with Crippen LogP contribution in [-0.4, -0.2) is 27.5 Å². The Hall–Kier alpha value is -1.62. The molecule has 0 aromatic heterocycles. The summed E-state index contributed by atoms with van der Waals surface area (Å²) in [4.78, 5) is 23.8. The van der Waals surface area contributed by atoms with Crippen LogP contribution < -0.4 is 0 Å². The van der Waals surface area contributed by atoms with Gasteiger partial charge in [0.25, 0.3) is 5.91 Å². The Balaban J connectivity index is 3.32. The van der Waals surface area contributed by atoms with Crippen molar-refractivity contribution >= 4 is 23.6 Å². The normalized spacial score (nSPS) is 11.2. The van der Waals surface area contributed by atoms with Crippen molar-refractivity contribution in [3.8, 4) is 0 Å². The highest BCUT2D eigenvalue weighted by atomic mass is 35.5. The second-order valence-electron chi connectivity index (χ2n) is 4.69. The lowest BCUT2D eigenvalue weighted by Gasteiger charge is -2.31. The molecule has 1 aromatic carbocycles. The summed E-state index contributed by atoms with van der Waals surface area (Å²) in [5.41, 5.74) is -1.43. The third-order valence-electron chi connectivity index (χ3n) is 2.24. The Labute approximate surface area is 109 Å². The van der Waals surface area contributed by atoms with E-state index in [-0.39, 0.29) is 5.02 Å². The number of hydrogen-bond acceptors (Lipinski definition) is 2. The molecule has 98 valence electrons. The highest BCUT2D eigenvalue weighted by Gasteiger charge is 2.35. The maximum Gasteiger partial charge on any atom is 0.414 e. The number of carbonyl (C=O) groups excluding carboxylic acids is 1. The van der Waals surface area contributed by atoms with E-state index in [1.807, 2.05) is 0 Å². The molecule has 0 unspecified atom stereocenters. The predicted octanol–water partition coefficient (Wildman–Crippen LogP) is 3.40. The van der Waals surface area contributed by atoms with E-state index in [1.54, 1.807) is 0 Å². The number of carbonyl (C=O) groups is 2. The van der Waals surface area contributed by atoms with Crippen LogP contribution in [0, 0.1) is 5.82 Å². The quantitative estimate of drug-likeness (QED) is 0.853. The third-order valence-corrected chi connectivity index (χ3v) is 2.56. The van der Waals surface area contributed by atoms with Crippen LogP contribution in [0.25, 0.3) is 0 Å². The minimum atomic E-state index is -1.45. The first kappa shape index (κ1) is 14.4. The summed E-state index contributed by atoms with van der Waals surface area (Å²) in [5.74, 6) is -1.82. The standard InChI is InChI=1S/C12H13ClFNO3/c1-12(2,3)15(11(17)18)10(16)9-7(13)5-4-6-8(9)14/h4-6H,1-3H3,(H,17,18). The molecule has 2 amide bonds. The number of imide groups is 1. The first-order chi connectivity index (χ1) is 8.16. The van der Waals surface area contributed by atoms with E-state index in [1.165, 1.54) is 32.9 Å². The Morgan fingerprint density at radius 1 is 1.33 bits per heavy atom. The SMILES string of the molecule is CC(C)(C)N(C(=O)O)C(=O)c1c(F)cccc1Cl. The van der Waals surface area contributed by atoms with Crippen molar-refractivity contribution in [2.24, 2.45) is 0 Å². The summed E-state index contributed by atoms with van der Waals surface area (Å²) in [6.45, 7) is 4.61. The average molecular weight is 274 g/mol. The molecule has 0 aliphatic carbocycles. The van der Waals surface area contributed by atoms with E-state index in [0.717, 1.165) is 6.07 Å². The summed E-state index contributed by atoms with van der Waals surface area (Å²) in [7, 11) is 0. The Morgan fingerprint density at radius 3 is 2.28 bits per heavy atom. The Morgan fingerprint density at radius 2 is 1.89 bits per heavy atom. The second-order valence-corrected chi connectivity index (χ2v) is 5.10. The second kappa shape index (κ2) is 4.94. The molecule has 0 heterocycles. The molecule has 0 radical (unpaired) electrons. The molecule has 18 heavy (non-hydrogen) atoms. The monoisotopic (exact) mass is 273 g/mol. The lowest BCUT2D eigenvalue weighted by molar-refractivity contribution is 0.0575. The Bertz CT molecular complexity index is 476. The number of halogens is 2. The summed E-state index contributed by atoms with van der Waals surface area (Å²) in [5, 5.41) is 8.95. The zero-order valence-corrected chi connectivity index (χ0v) is 11.0. The van der Waals surface area contributed by atoms with E-state index in [9.17, 15) is 14.0 Å².